The molecule has 0 radical (unpaired) electrons. The van der Waals surface area contributed by atoms with Crippen LogP contribution >= 0.6 is 0 Å². The number of nitrogens with one attached hydrogen (secondary N) is 1. The molecule has 0 saturated carbocycles. The van der Waals surface area contributed by atoms with Crippen LogP contribution in [0, 0.1) is 0 Å². The standard InChI is InChI=1S/C25H30FN7O2/c1-16(2)31-11-7-17(8-12-31)21-14-23(33(30-21)22-6-5-18(35-3)13-20(22)26)29-25(34)19-15-28-32-10-4-9-27-24(19)32/h4-6,9-10,14-18H,7-8,11-13H2,1-3H3,(H,29,34). The van der Waals surface area contributed by atoms with E-state index in [0.717, 1.165) is 31.6 Å². The molecule has 1 unspecified atom stereocenters. The van der Waals surface area contributed by atoms with Gasteiger partial charge < -0.3 is 15.0 Å². The highest BCUT2D eigenvalue weighted by atomic mass is 19.1. The van der Waals surface area contributed by atoms with E-state index in [0.29, 0.717) is 28.8 Å². The molecule has 35 heavy (non-hydrogen) atoms. The SMILES string of the molecule is COC1C=CC(n2nc(C3CCN(C(C)C)CC3)cc2NC(=O)c2cnn3cccnc23)=C(F)C1. The van der Waals surface area contributed by atoms with Gasteiger partial charge in [-0.05, 0) is 51.9 Å². The lowest BCUT2D eigenvalue weighted by Crippen LogP contribution is -2.37. The summed E-state index contributed by atoms with van der Waals surface area (Å²) in [5, 5.41) is 11.9. The predicted molar refractivity (Wildman–Crippen MR) is 131 cm³/mol. The van der Waals surface area contributed by atoms with Gasteiger partial charge in [0.2, 0.25) is 0 Å². The van der Waals surface area contributed by atoms with Crippen LogP contribution < -0.4 is 5.32 Å². The molecule has 5 rings (SSSR count). The van der Waals surface area contributed by atoms with Crippen LogP contribution in [-0.4, -0.2) is 67.5 Å². The summed E-state index contributed by atoms with van der Waals surface area (Å²) < 4.78 is 23.4. The monoisotopic (exact) mass is 479 g/mol. The van der Waals surface area contributed by atoms with Gasteiger partial charge in [-0.25, -0.2) is 18.6 Å². The van der Waals surface area contributed by atoms with Crippen molar-refractivity contribution in [2.24, 2.45) is 0 Å². The molecule has 2 aliphatic rings. The minimum Gasteiger partial charge on any atom is -0.377 e. The molecular formula is C25H30FN7O2. The molecule has 10 heteroatoms. The molecule has 1 aliphatic heterocycles. The predicted octanol–water partition coefficient (Wildman–Crippen LogP) is 3.88. The third-order valence-corrected chi connectivity index (χ3v) is 6.83. The molecule has 3 aromatic rings. The van der Waals surface area contributed by atoms with E-state index in [1.54, 1.807) is 31.6 Å². The minimum absolute atomic E-state index is 0.121. The van der Waals surface area contributed by atoms with Gasteiger partial charge in [-0.3, -0.25) is 4.79 Å². The second-order valence-electron chi connectivity index (χ2n) is 9.30. The van der Waals surface area contributed by atoms with Gasteiger partial charge >= 0.3 is 0 Å². The zero-order valence-electron chi connectivity index (χ0n) is 20.2. The number of nitrogens with zero attached hydrogens (tertiary/aromatic N) is 6. The number of amides is 1. The molecule has 3 aromatic heterocycles. The van der Waals surface area contributed by atoms with Gasteiger partial charge in [0.05, 0.1) is 23.7 Å². The quantitative estimate of drug-likeness (QED) is 0.577. The fourth-order valence-corrected chi connectivity index (χ4v) is 4.74. The number of piperidine rings is 1. The van der Waals surface area contributed by atoms with Crippen LogP contribution in [0.3, 0.4) is 0 Å². The van der Waals surface area contributed by atoms with E-state index in [4.69, 9.17) is 9.84 Å². The van der Waals surface area contributed by atoms with E-state index in [9.17, 15) is 4.79 Å². The number of aromatic nitrogens is 5. The summed E-state index contributed by atoms with van der Waals surface area (Å²) in [4.78, 5) is 19.9. The average molecular weight is 480 g/mol. The summed E-state index contributed by atoms with van der Waals surface area (Å²) >= 11 is 0. The zero-order chi connectivity index (χ0) is 24.5. The van der Waals surface area contributed by atoms with Crippen molar-refractivity contribution < 1.29 is 13.9 Å². The summed E-state index contributed by atoms with van der Waals surface area (Å²) in [6, 6.07) is 4.11. The number of hydrogen-bond donors (Lipinski definition) is 1. The van der Waals surface area contributed by atoms with Gasteiger partial charge in [0.25, 0.3) is 5.91 Å². The largest absolute Gasteiger partial charge is 0.377 e. The van der Waals surface area contributed by atoms with Crippen molar-refractivity contribution in [3.63, 3.8) is 0 Å². The molecule has 0 bridgehead atoms. The molecule has 1 fully saturated rings. The number of halogens is 1. The lowest BCUT2D eigenvalue weighted by atomic mass is 9.93. The molecule has 1 amide bonds. The van der Waals surface area contributed by atoms with Crippen LogP contribution in [0.1, 0.15) is 55.1 Å². The number of anilines is 1. The maximum atomic E-state index is 15.1. The number of likely N-dealkylation sites (tertiary alicyclic amines) is 1. The van der Waals surface area contributed by atoms with Crippen molar-refractivity contribution >= 4 is 23.1 Å². The Hall–Kier alpha value is -3.37. The van der Waals surface area contributed by atoms with Crippen LogP contribution in [0.4, 0.5) is 10.2 Å². The highest BCUT2D eigenvalue weighted by Crippen LogP contribution is 2.33. The second kappa shape index (κ2) is 9.71. The summed E-state index contributed by atoms with van der Waals surface area (Å²) in [6.45, 7) is 6.38. The van der Waals surface area contributed by atoms with Crippen LogP contribution in [0.15, 0.2) is 48.7 Å². The summed E-state index contributed by atoms with van der Waals surface area (Å²) in [6.07, 6.45) is 10.0. The Bertz CT molecular complexity index is 1280. The molecule has 1 saturated heterocycles. The number of allylic oxidation sites excluding steroid dienone is 2. The number of carbonyl (C=O) groups is 1. The van der Waals surface area contributed by atoms with Crippen molar-refractivity contribution in [2.75, 3.05) is 25.5 Å². The third kappa shape index (κ3) is 4.63. The summed E-state index contributed by atoms with van der Waals surface area (Å²) in [7, 11) is 1.55. The maximum Gasteiger partial charge on any atom is 0.262 e. The van der Waals surface area contributed by atoms with Gasteiger partial charge in [-0.1, -0.05) is 6.08 Å². The lowest BCUT2D eigenvalue weighted by Gasteiger charge is -2.33. The van der Waals surface area contributed by atoms with E-state index in [1.165, 1.54) is 15.4 Å². The Morgan fingerprint density at radius 1 is 1.29 bits per heavy atom. The highest BCUT2D eigenvalue weighted by Gasteiger charge is 2.28. The number of carbonyl (C=O) groups excluding carboxylic acids is 1. The van der Waals surface area contributed by atoms with Gasteiger partial charge in [0.15, 0.2) is 5.65 Å². The number of ether oxygens (including phenoxy) is 1. The zero-order valence-corrected chi connectivity index (χ0v) is 20.2. The smallest absolute Gasteiger partial charge is 0.262 e. The van der Waals surface area contributed by atoms with E-state index < -0.39 is 0 Å². The topological polar surface area (TPSA) is 89.6 Å². The van der Waals surface area contributed by atoms with Crippen molar-refractivity contribution in [2.45, 2.75) is 51.2 Å². The molecule has 184 valence electrons. The number of hydrogen-bond acceptors (Lipinski definition) is 6. The first-order valence-electron chi connectivity index (χ1n) is 12.0. The first-order chi connectivity index (χ1) is 16.9. The lowest BCUT2D eigenvalue weighted by molar-refractivity contribution is 0.102. The molecular weight excluding hydrogens is 449 g/mol. The summed E-state index contributed by atoms with van der Waals surface area (Å²) in [5.41, 5.74) is 1.93. The van der Waals surface area contributed by atoms with E-state index in [-0.39, 0.29) is 30.2 Å². The Labute approximate surface area is 203 Å². The Balaban J connectivity index is 1.47. The third-order valence-electron chi connectivity index (χ3n) is 6.83. The van der Waals surface area contributed by atoms with Gasteiger partial charge in [-0.15, -0.1) is 0 Å². The van der Waals surface area contributed by atoms with Crippen molar-refractivity contribution in [1.29, 1.82) is 0 Å². The first kappa shape index (κ1) is 23.4. The Kier molecular flexibility index (Phi) is 6.48. The number of fused-ring (bicyclic) bond motifs is 1. The molecule has 4 heterocycles. The first-order valence-corrected chi connectivity index (χ1v) is 12.0. The van der Waals surface area contributed by atoms with Crippen LogP contribution in [0.2, 0.25) is 0 Å². The van der Waals surface area contributed by atoms with E-state index in [2.05, 4.69) is 34.1 Å². The van der Waals surface area contributed by atoms with Crippen molar-refractivity contribution in [3.05, 3.63) is 60.0 Å². The molecule has 0 spiro atoms. The fraction of sp³-hybridized carbons (Fsp3) is 0.440. The van der Waals surface area contributed by atoms with E-state index >= 15 is 4.39 Å². The van der Waals surface area contributed by atoms with E-state index in [1.807, 2.05) is 12.1 Å². The van der Waals surface area contributed by atoms with Crippen molar-refractivity contribution in [3.8, 4) is 0 Å². The molecule has 1 aliphatic carbocycles. The van der Waals surface area contributed by atoms with Crippen molar-refractivity contribution in [1.82, 2.24) is 29.3 Å². The van der Waals surface area contributed by atoms with Crippen LogP contribution in [0.25, 0.3) is 11.3 Å². The number of rotatable bonds is 6. The maximum absolute atomic E-state index is 15.1. The molecule has 9 nitrogen and oxygen atoms in total. The average Bonchev–Trinajstić information content (AvgIpc) is 3.48. The number of methoxy groups -OCH3 is 1. The Morgan fingerprint density at radius 2 is 2.09 bits per heavy atom. The molecule has 1 N–H and O–H groups in total. The minimum atomic E-state index is -0.378. The fourth-order valence-electron chi connectivity index (χ4n) is 4.74. The normalized spacial score (nSPS) is 19.7. The van der Waals surface area contributed by atoms with Gasteiger partial charge in [0, 0.05) is 44.0 Å². The highest BCUT2D eigenvalue weighted by molar-refractivity contribution is 6.08. The van der Waals surface area contributed by atoms with Gasteiger partial charge in [0.1, 0.15) is 17.2 Å². The van der Waals surface area contributed by atoms with Crippen LogP contribution in [0.5, 0.6) is 0 Å². The van der Waals surface area contributed by atoms with Crippen LogP contribution in [-0.2, 0) is 4.74 Å². The Morgan fingerprint density at radius 3 is 2.80 bits per heavy atom. The van der Waals surface area contributed by atoms with Gasteiger partial charge in [-0.2, -0.15) is 10.2 Å². The molecule has 0 aromatic carbocycles. The summed E-state index contributed by atoms with van der Waals surface area (Å²) in [5.74, 6) is -0.0610. The molecule has 1 atom stereocenters. The second-order valence-corrected chi connectivity index (χ2v) is 9.30.